The highest BCUT2D eigenvalue weighted by Crippen LogP contribution is 2.29. The van der Waals surface area contributed by atoms with Gasteiger partial charge in [-0.05, 0) is 30.3 Å². The first-order valence-corrected chi connectivity index (χ1v) is 7.34. The van der Waals surface area contributed by atoms with Gasteiger partial charge in [-0.3, -0.25) is 4.79 Å². The van der Waals surface area contributed by atoms with Crippen molar-refractivity contribution in [2.75, 3.05) is 5.32 Å². The number of nitriles is 1. The summed E-state index contributed by atoms with van der Waals surface area (Å²) in [7, 11) is 0. The summed E-state index contributed by atoms with van der Waals surface area (Å²) < 4.78 is 41.6. The summed E-state index contributed by atoms with van der Waals surface area (Å²) in [6.45, 7) is 0. The molecule has 1 aromatic heterocycles. The maximum absolute atomic E-state index is 12.5. The molecule has 0 saturated carbocycles. The Morgan fingerprint density at radius 1 is 1.19 bits per heavy atom. The summed E-state index contributed by atoms with van der Waals surface area (Å²) in [6.07, 6.45) is -4.74. The fourth-order valence-electron chi connectivity index (χ4n) is 2.13. The van der Waals surface area contributed by atoms with E-state index in [0.717, 1.165) is 0 Å². The van der Waals surface area contributed by atoms with Crippen molar-refractivity contribution in [3.8, 4) is 23.2 Å². The second-order valence-electron chi connectivity index (χ2n) is 5.30. The van der Waals surface area contributed by atoms with E-state index in [9.17, 15) is 23.1 Å². The average molecular weight is 374 g/mol. The molecule has 10 heteroatoms. The molecule has 3 aromatic rings. The first-order valence-electron chi connectivity index (χ1n) is 7.34. The zero-order chi connectivity index (χ0) is 19.6. The molecule has 3 rings (SSSR count). The van der Waals surface area contributed by atoms with Crippen LogP contribution < -0.4 is 5.32 Å². The van der Waals surface area contributed by atoms with Crippen LogP contribution in [0, 0.1) is 11.3 Å². The Balaban J connectivity index is 1.78. The molecule has 0 bridgehead atoms. The maximum atomic E-state index is 12.5. The normalized spacial score (nSPS) is 11.0. The smallest absolute Gasteiger partial charge is 0.471 e. The second-order valence-corrected chi connectivity index (χ2v) is 5.30. The largest absolute Gasteiger partial charge is 0.506 e. The van der Waals surface area contributed by atoms with E-state index in [1.54, 1.807) is 0 Å². The fourth-order valence-corrected chi connectivity index (χ4v) is 2.13. The van der Waals surface area contributed by atoms with Gasteiger partial charge in [-0.1, -0.05) is 17.3 Å². The number of benzene rings is 2. The summed E-state index contributed by atoms with van der Waals surface area (Å²) in [6, 6.07) is 11.2. The number of carbonyl (C=O) groups excluding carboxylic acids is 1. The highest BCUT2D eigenvalue weighted by atomic mass is 19.4. The van der Waals surface area contributed by atoms with Crippen molar-refractivity contribution in [3.63, 3.8) is 0 Å². The number of phenolic OH excluding ortho intramolecular Hbond substituents is 1. The van der Waals surface area contributed by atoms with Crippen LogP contribution in [0.3, 0.4) is 0 Å². The van der Waals surface area contributed by atoms with Crippen molar-refractivity contribution in [1.29, 1.82) is 5.26 Å². The van der Waals surface area contributed by atoms with Gasteiger partial charge in [-0.25, -0.2) is 0 Å². The fraction of sp³-hybridized carbons (Fsp3) is 0.0588. The van der Waals surface area contributed by atoms with Gasteiger partial charge in [0.2, 0.25) is 5.82 Å². The van der Waals surface area contributed by atoms with E-state index in [4.69, 9.17) is 5.26 Å². The molecule has 0 atom stereocenters. The molecule has 1 amide bonds. The molecule has 0 aliphatic heterocycles. The lowest BCUT2D eigenvalue weighted by molar-refractivity contribution is -0.159. The lowest BCUT2D eigenvalue weighted by atomic mass is 10.1. The number of phenols is 1. The molecule has 0 unspecified atom stereocenters. The number of alkyl halides is 3. The van der Waals surface area contributed by atoms with Crippen LogP contribution in [0.1, 0.15) is 21.8 Å². The summed E-state index contributed by atoms with van der Waals surface area (Å²) in [4.78, 5) is 15.5. The summed E-state index contributed by atoms with van der Waals surface area (Å²) in [5, 5.41) is 24.3. The monoisotopic (exact) mass is 374 g/mol. The Morgan fingerprint density at radius 2 is 1.89 bits per heavy atom. The molecule has 7 nitrogen and oxygen atoms in total. The Bertz CT molecular complexity index is 1040. The third kappa shape index (κ3) is 3.87. The van der Waals surface area contributed by atoms with Gasteiger partial charge in [-0.15, -0.1) is 0 Å². The van der Waals surface area contributed by atoms with E-state index in [2.05, 4.69) is 20.0 Å². The molecule has 1 heterocycles. The van der Waals surface area contributed by atoms with Crippen molar-refractivity contribution in [2.24, 2.45) is 0 Å². The quantitative estimate of drug-likeness (QED) is 0.678. The van der Waals surface area contributed by atoms with Crippen molar-refractivity contribution in [3.05, 3.63) is 59.5 Å². The van der Waals surface area contributed by atoms with Crippen LogP contribution >= 0.6 is 0 Å². The molecule has 2 aromatic carbocycles. The standard InChI is InChI=1S/C17H9F3N4O3/c18-17(19,20)16-23-14(24-27-16)10-2-4-11(5-3-10)15(26)22-12-7-9(8-21)1-6-13(12)25/h1-7,25H,(H,22,26). The van der Waals surface area contributed by atoms with Crippen LogP contribution in [0.15, 0.2) is 47.0 Å². The Kier molecular flexibility index (Phi) is 4.51. The van der Waals surface area contributed by atoms with E-state index in [-0.39, 0.29) is 34.0 Å². The van der Waals surface area contributed by atoms with Crippen molar-refractivity contribution < 1.29 is 27.6 Å². The molecule has 0 spiro atoms. The van der Waals surface area contributed by atoms with Gasteiger partial charge in [0, 0.05) is 11.1 Å². The molecule has 0 radical (unpaired) electrons. The zero-order valence-corrected chi connectivity index (χ0v) is 13.3. The lowest BCUT2D eigenvalue weighted by Gasteiger charge is -2.08. The summed E-state index contributed by atoms with van der Waals surface area (Å²) >= 11 is 0. The van der Waals surface area contributed by atoms with Crippen LogP contribution in [0.4, 0.5) is 18.9 Å². The SMILES string of the molecule is N#Cc1ccc(O)c(NC(=O)c2ccc(-c3noc(C(F)(F)F)n3)cc2)c1. The average Bonchev–Trinajstić information content (AvgIpc) is 3.14. The number of nitrogens with zero attached hydrogens (tertiary/aromatic N) is 3. The highest BCUT2D eigenvalue weighted by molar-refractivity contribution is 6.05. The van der Waals surface area contributed by atoms with Crippen LogP contribution in [-0.4, -0.2) is 21.2 Å². The van der Waals surface area contributed by atoms with Gasteiger partial charge in [0.1, 0.15) is 5.75 Å². The van der Waals surface area contributed by atoms with Crippen LogP contribution in [0.25, 0.3) is 11.4 Å². The van der Waals surface area contributed by atoms with Crippen molar-refractivity contribution >= 4 is 11.6 Å². The molecule has 27 heavy (non-hydrogen) atoms. The number of hydrogen-bond donors (Lipinski definition) is 2. The third-order valence-electron chi connectivity index (χ3n) is 3.45. The number of rotatable bonds is 3. The lowest BCUT2D eigenvalue weighted by Crippen LogP contribution is -2.12. The number of anilines is 1. The minimum Gasteiger partial charge on any atom is -0.506 e. The van der Waals surface area contributed by atoms with Crippen LogP contribution in [0.2, 0.25) is 0 Å². The number of aromatic nitrogens is 2. The zero-order valence-electron chi connectivity index (χ0n) is 13.3. The minimum atomic E-state index is -4.74. The predicted octanol–water partition coefficient (Wildman–Crippen LogP) is 3.58. The first kappa shape index (κ1) is 17.9. The third-order valence-corrected chi connectivity index (χ3v) is 3.45. The summed E-state index contributed by atoms with van der Waals surface area (Å²) in [5.74, 6) is -2.54. The Labute approximate surface area is 149 Å². The van der Waals surface area contributed by atoms with Gasteiger partial charge in [0.25, 0.3) is 5.91 Å². The topological polar surface area (TPSA) is 112 Å². The van der Waals surface area contributed by atoms with Gasteiger partial charge in [0.05, 0.1) is 17.3 Å². The van der Waals surface area contributed by atoms with Gasteiger partial charge in [-0.2, -0.15) is 23.4 Å². The minimum absolute atomic E-state index is 0.0520. The van der Waals surface area contributed by atoms with Crippen molar-refractivity contribution in [1.82, 2.24) is 10.1 Å². The van der Waals surface area contributed by atoms with Gasteiger partial charge in [0.15, 0.2) is 0 Å². The van der Waals surface area contributed by atoms with Crippen molar-refractivity contribution in [2.45, 2.75) is 6.18 Å². The Morgan fingerprint density at radius 3 is 2.48 bits per heavy atom. The Hall–Kier alpha value is -3.87. The van der Waals surface area contributed by atoms with E-state index >= 15 is 0 Å². The molecular formula is C17H9F3N4O3. The predicted molar refractivity (Wildman–Crippen MR) is 85.5 cm³/mol. The molecule has 0 saturated heterocycles. The molecule has 2 N–H and O–H groups in total. The molecule has 0 fully saturated rings. The summed E-state index contributed by atoms with van der Waals surface area (Å²) in [5.41, 5.74) is 0.687. The van der Waals surface area contributed by atoms with E-state index in [0.29, 0.717) is 0 Å². The van der Waals surface area contributed by atoms with Crippen LogP contribution in [0.5, 0.6) is 5.75 Å². The second kappa shape index (κ2) is 6.80. The molecule has 0 aliphatic rings. The van der Waals surface area contributed by atoms with E-state index in [1.165, 1.54) is 42.5 Å². The molecular weight excluding hydrogens is 365 g/mol. The number of nitrogens with one attached hydrogen (secondary N) is 1. The number of amides is 1. The van der Waals surface area contributed by atoms with Crippen LogP contribution in [-0.2, 0) is 6.18 Å². The number of aromatic hydroxyl groups is 1. The number of hydrogen-bond acceptors (Lipinski definition) is 6. The number of carbonyl (C=O) groups is 1. The van der Waals surface area contributed by atoms with Gasteiger partial charge < -0.3 is 14.9 Å². The van der Waals surface area contributed by atoms with E-state index < -0.39 is 18.0 Å². The highest BCUT2D eigenvalue weighted by Gasteiger charge is 2.38. The van der Waals surface area contributed by atoms with E-state index in [1.807, 2.05) is 6.07 Å². The first-order chi connectivity index (χ1) is 12.8. The maximum Gasteiger partial charge on any atom is 0.471 e. The van der Waals surface area contributed by atoms with Gasteiger partial charge >= 0.3 is 12.1 Å². The number of halogens is 3. The molecule has 136 valence electrons. The molecule has 0 aliphatic carbocycles.